The molecule has 0 spiro atoms. The molecular formula is C33H65N2O6P. The zero-order valence-corrected chi connectivity index (χ0v) is 27.9. The minimum Gasteiger partial charge on any atom is -0.387 e. The van der Waals surface area contributed by atoms with E-state index in [9.17, 15) is 19.4 Å². The van der Waals surface area contributed by atoms with Crippen molar-refractivity contribution in [3.8, 4) is 0 Å². The molecule has 0 saturated carbocycles. The van der Waals surface area contributed by atoms with Crippen molar-refractivity contribution >= 4 is 13.7 Å². The van der Waals surface area contributed by atoms with Crippen LogP contribution in [0.25, 0.3) is 0 Å². The van der Waals surface area contributed by atoms with Crippen LogP contribution in [0, 0.1) is 0 Å². The molecule has 0 aliphatic rings. The molecule has 1 amide bonds. The third-order valence-corrected chi connectivity index (χ3v) is 8.26. The molecule has 42 heavy (non-hydrogen) atoms. The molecule has 0 rings (SSSR count). The Hall–Kier alpha value is -1.02. The zero-order valence-electron chi connectivity index (χ0n) is 27.0. The van der Waals surface area contributed by atoms with Crippen LogP contribution in [-0.4, -0.2) is 47.8 Å². The van der Waals surface area contributed by atoms with E-state index in [1.807, 2.05) is 6.08 Å². The fourth-order valence-electron chi connectivity index (χ4n) is 4.65. The number of carbonyl (C=O) groups excluding carboxylic acids is 1. The second kappa shape index (κ2) is 30.0. The summed E-state index contributed by atoms with van der Waals surface area (Å²) >= 11 is 0. The summed E-state index contributed by atoms with van der Waals surface area (Å²) in [6.07, 6.45) is 30.7. The Labute approximate surface area is 257 Å². The van der Waals surface area contributed by atoms with Crippen LogP contribution in [0.5, 0.6) is 0 Å². The molecule has 0 saturated heterocycles. The molecular weight excluding hydrogens is 551 g/mol. The van der Waals surface area contributed by atoms with Gasteiger partial charge in [0.1, 0.15) is 0 Å². The fraction of sp³-hybridized carbons (Fsp3) is 0.848. The number of nitrogens with one attached hydrogen (secondary N) is 1. The number of amides is 1. The second-order valence-corrected chi connectivity index (χ2v) is 12.8. The molecule has 0 heterocycles. The van der Waals surface area contributed by atoms with E-state index in [-0.39, 0.29) is 25.7 Å². The molecule has 5 N–H and O–H groups in total. The summed E-state index contributed by atoms with van der Waals surface area (Å²) in [5, 5.41) is 13.5. The largest absolute Gasteiger partial charge is 0.472 e. The van der Waals surface area contributed by atoms with E-state index in [1.165, 1.54) is 77.0 Å². The molecule has 248 valence electrons. The quantitative estimate of drug-likeness (QED) is 0.0350. The van der Waals surface area contributed by atoms with Crippen LogP contribution in [-0.2, 0) is 18.4 Å². The maximum absolute atomic E-state index is 12.6. The lowest BCUT2D eigenvalue weighted by Crippen LogP contribution is -2.45. The Morgan fingerprint density at radius 2 is 1.24 bits per heavy atom. The number of aliphatic hydroxyl groups excluding tert-OH is 1. The molecule has 0 aromatic heterocycles. The lowest BCUT2D eigenvalue weighted by Gasteiger charge is -2.23. The molecule has 0 fully saturated rings. The summed E-state index contributed by atoms with van der Waals surface area (Å²) in [7, 11) is -4.32. The number of aliphatic hydroxyl groups is 1. The molecule has 0 aliphatic carbocycles. The van der Waals surface area contributed by atoms with E-state index in [0.29, 0.717) is 6.42 Å². The highest BCUT2D eigenvalue weighted by atomic mass is 31.2. The van der Waals surface area contributed by atoms with E-state index in [0.717, 1.165) is 51.4 Å². The van der Waals surface area contributed by atoms with Gasteiger partial charge < -0.3 is 21.1 Å². The van der Waals surface area contributed by atoms with Crippen LogP contribution in [0.15, 0.2) is 24.3 Å². The van der Waals surface area contributed by atoms with E-state index in [1.54, 1.807) is 6.08 Å². The standard InChI is InChI=1S/C33H65N2O6P/c1-3-5-7-9-11-13-15-17-19-21-23-25-27-33(37)35-31(30-41-42(38,39)40-29-28-34)32(36)26-24-22-20-18-16-14-12-10-8-6-4-2/h11,13,24,26,31-32,36H,3-10,12,14-23,25,27-30,34H2,1-2H3,(H,35,37)(H,38,39)/b13-11-,26-24+. The van der Waals surface area contributed by atoms with Gasteiger partial charge in [-0.2, -0.15) is 0 Å². The normalized spacial score (nSPS) is 14.9. The van der Waals surface area contributed by atoms with Crippen LogP contribution in [0.4, 0.5) is 0 Å². The van der Waals surface area contributed by atoms with Crippen molar-refractivity contribution < 1.29 is 28.4 Å². The van der Waals surface area contributed by atoms with Crippen molar-refractivity contribution in [2.24, 2.45) is 5.73 Å². The van der Waals surface area contributed by atoms with E-state index < -0.39 is 20.0 Å². The highest BCUT2D eigenvalue weighted by Crippen LogP contribution is 2.43. The predicted molar refractivity (Wildman–Crippen MR) is 175 cm³/mol. The van der Waals surface area contributed by atoms with Crippen molar-refractivity contribution in [2.75, 3.05) is 19.8 Å². The third kappa shape index (κ3) is 27.8. The van der Waals surface area contributed by atoms with Gasteiger partial charge in [-0.1, -0.05) is 122 Å². The van der Waals surface area contributed by atoms with Crippen molar-refractivity contribution in [1.29, 1.82) is 0 Å². The first-order chi connectivity index (χ1) is 20.4. The molecule has 0 aliphatic heterocycles. The number of phosphoric acid groups is 1. The maximum atomic E-state index is 12.6. The number of hydrogen-bond acceptors (Lipinski definition) is 6. The summed E-state index contributed by atoms with van der Waals surface area (Å²) in [6.45, 7) is 4.06. The van der Waals surface area contributed by atoms with Crippen molar-refractivity contribution in [2.45, 2.75) is 161 Å². The van der Waals surface area contributed by atoms with Crippen molar-refractivity contribution in [3.63, 3.8) is 0 Å². The number of nitrogens with two attached hydrogens (primary N) is 1. The number of allylic oxidation sites excluding steroid dienone is 3. The lowest BCUT2D eigenvalue weighted by molar-refractivity contribution is -0.123. The Morgan fingerprint density at radius 1 is 0.762 bits per heavy atom. The average Bonchev–Trinajstić information content (AvgIpc) is 2.97. The predicted octanol–water partition coefficient (Wildman–Crippen LogP) is 8.27. The van der Waals surface area contributed by atoms with Gasteiger partial charge in [-0.3, -0.25) is 13.8 Å². The Bertz CT molecular complexity index is 719. The van der Waals surface area contributed by atoms with Gasteiger partial charge in [-0.15, -0.1) is 0 Å². The summed E-state index contributed by atoms with van der Waals surface area (Å²) in [5.74, 6) is -0.208. The highest BCUT2D eigenvalue weighted by molar-refractivity contribution is 7.47. The molecule has 0 bridgehead atoms. The van der Waals surface area contributed by atoms with E-state index >= 15 is 0 Å². The fourth-order valence-corrected chi connectivity index (χ4v) is 5.41. The SMILES string of the molecule is CCCCC/C=C\CCCCCCCC(=O)NC(COP(=O)(O)OCCN)C(O)/C=C/CCCCCCCCCCC. The van der Waals surface area contributed by atoms with Gasteiger partial charge in [0.2, 0.25) is 5.91 Å². The lowest BCUT2D eigenvalue weighted by atomic mass is 10.1. The monoisotopic (exact) mass is 616 g/mol. The van der Waals surface area contributed by atoms with Gasteiger partial charge in [-0.05, 0) is 44.9 Å². The third-order valence-electron chi connectivity index (χ3n) is 7.27. The van der Waals surface area contributed by atoms with Crippen LogP contribution < -0.4 is 11.1 Å². The number of hydrogen-bond donors (Lipinski definition) is 4. The Kier molecular flexibility index (Phi) is 29.3. The summed E-state index contributed by atoms with van der Waals surface area (Å²) < 4.78 is 21.9. The molecule has 9 heteroatoms. The van der Waals surface area contributed by atoms with E-state index in [4.69, 9.17) is 14.8 Å². The van der Waals surface area contributed by atoms with Crippen molar-refractivity contribution in [3.05, 3.63) is 24.3 Å². The molecule has 0 aromatic carbocycles. The zero-order chi connectivity index (χ0) is 31.2. The Balaban J connectivity index is 4.42. The van der Waals surface area contributed by atoms with Crippen LogP contribution in [0.3, 0.4) is 0 Å². The summed E-state index contributed by atoms with van der Waals surface area (Å²) in [4.78, 5) is 22.5. The first kappa shape index (κ1) is 41.0. The van der Waals surface area contributed by atoms with Gasteiger partial charge in [0.25, 0.3) is 0 Å². The molecule has 3 unspecified atom stereocenters. The highest BCUT2D eigenvalue weighted by Gasteiger charge is 2.26. The summed E-state index contributed by atoms with van der Waals surface area (Å²) in [6, 6.07) is -0.858. The molecule has 0 aromatic rings. The second-order valence-electron chi connectivity index (χ2n) is 11.4. The smallest absolute Gasteiger partial charge is 0.387 e. The molecule has 8 nitrogen and oxygen atoms in total. The average molecular weight is 617 g/mol. The van der Waals surface area contributed by atoms with Crippen molar-refractivity contribution in [1.82, 2.24) is 5.32 Å². The first-order valence-electron chi connectivity index (χ1n) is 17.0. The number of phosphoric ester groups is 1. The van der Waals surface area contributed by atoms with Gasteiger partial charge in [0.05, 0.1) is 25.4 Å². The maximum Gasteiger partial charge on any atom is 0.472 e. The minimum atomic E-state index is -4.32. The van der Waals surface area contributed by atoms with Gasteiger partial charge in [-0.25, -0.2) is 4.57 Å². The minimum absolute atomic E-state index is 0.0774. The van der Waals surface area contributed by atoms with Gasteiger partial charge in [0.15, 0.2) is 0 Å². The first-order valence-corrected chi connectivity index (χ1v) is 18.5. The topological polar surface area (TPSA) is 131 Å². The summed E-state index contributed by atoms with van der Waals surface area (Å²) in [5.41, 5.74) is 5.33. The number of rotatable bonds is 31. The van der Waals surface area contributed by atoms with Gasteiger partial charge in [0, 0.05) is 13.0 Å². The molecule has 0 radical (unpaired) electrons. The van der Waals surface area contributed by atoms with E-state index in [2.05, 4.69) is 31.3 Å². The number of unbranched alkanes of at least 4 members (excludes halogenated alkanes) is 17. The van der Waals surface area contributed by atoms with Crippen LogP contribution >= 0.6 is 7.82 Å². The number of carbonyl (C=O) groups is 1. The Morgan fingerprint density at radius 3 is 1.81 bits per heavy atom. The molecule has 3 atom stereocenters. The van der Waals surface area contributed by atoms with Gasteiger partial charge >= 0.3 is 7.82 Å². The van der Waals surface area contributed by atoms with Crippen LogP contribution in [0.1, 0.15) is 149 Å². The van der Waals surface area contributed by atoms with Crippen LogP contribution in [0.2, 0.25) is 0 Å².